The van der Waals surface area contributed by atoms with Crippen molar-refractivity contribution >= 4 is 7.12 Å². The Bertz CT molecular complexity index is 592. The van der Waals surface area contributed by atoms with E-state index in [-0.39, 0.29) is 45.9 Å². The molecule has 0 radical (unpaired) electrons. The zero-order valence-electron chi connectivity index (χ0n) is 19.5. The van der Waals surface area contributed by atoms with Crippen molar-refractivity contribution in [3.63, 3.8) is 0 Å². The van der Waals surface area contributed by atoms with Crippen molar-refractivity contribution in [2.45, 2.75) is 90.7 Å². The van der Waals surface area contributed by atoms with Gasteiger partial charge < -0.3 is 0 Å². The summed E-state index contributed by atoms with van der Waals surface area (Å²) in [5, 5.41) is 3.79. The number of rotatable bonds is 6. The molecule has 0 aliphatic carbocycles. The van der Waals surface area contributed by atoms with Crippen molar-refractivity contribution in [3.8, 4) is 0 Å². The van der Waals surface area contributed by atoms with Crippen LogP contribution in [0.5, 0.6) is 0 Å². The molecule has 6 nitrogen and oxygen atoms in total. The molecule has 0 amide bonds. The summed E-state index contributed by atoms with van der Waals surface area (Å²) < 4.78 is 22.7. The van der Waals surface area contributed by atoms with E-state index >= 15 is 0 Å². The Hall–Kier alpha value is 0.135. The molecule has 2 fully saturated rings. The molecule has 3 heterocycles. The fraction of sp³-hybridized carbons (Fsp3) is 0.905. The van der Waals surface area contributed by atoms with Crippen LogP contribution in [0, 0.1) is 0 Å². The van der Waals surface area contributed by atoms with Crippen LogP contribution >= 0.6 is 0 Å². The fourth-order valence-electron chi connectivity index (χ4n) is 4.24. The third-order valence-electron chi connectivity index (χ3n) is 6.94. The van der Waals surface area contributed by atoms with Crippen LogP contribution in [0.15, 0.2) is 11.2 Å². The van der Waals surface area contributed by atoms with Crippen molar-refractivity contribution in [1.82, 2.24) is 13.3 Å². The number of hydrogen-bond donors (Lipinski definition) is 1. The molecule has 0 aromatic heterocycles. The third-order valence-corrected chi connectivity index (χ3v) is 10.3. The van der Waals surface area contributed by atoms with Crippen LogP contribution in [0.25, 0.3) is 0 Å². The Kier molecular flexibility index (Phi) is 7.65. The van der Waals surface area contributed by atoms with E-state index in [0.717, 1.165) is 12.1 Å². The maximum absolute atomic E-state index is 6.45. The quantitative estimate of drug-likeness (QED) is 0.170. The minimum atomic E-state index is -0.330. The maximum atomic E-state index is 6.45. The number of nitrogens with zero attached hydrogens (tertiary/aromatic N) is 2. The van der Waals surface area contributed by atoms with Gasteiger partial charge in [-0.1, -0.05) is 0 Å². The van der Waals surface area contributed by atoms with Gasteiger partial charge in [-0.15, -0.1) is 0 Å². The van der Waals surface area contributed by atoms with Gasteiger partial charge in [0.1, 0.15) is 0 Å². The molecule has 3 aliphatic rings. The average molecular weight is 520 g/mol. The van der Waals surface area contributed by atoms with E-state index in [2.05, 4.69) is 61.8 Å². The predicted molar refractivity (Wildman–Crippen MR) is 114 cm³/mol. The summed E-state index contributed by atoms with van der Waals surface area (Å²) in [6, 6.07) is 0.889. The van der Waals surface area contributed by atoms with Crippen LogP contribution in [0.3, 0.4) is 0 Å². The molecular formula is C21H40BIN3O3-. The van der Waals surface area contributed by atoms with E-state index in [1.165, 1.54) is 36.1 Å². The van der Waals surface area contributed by atoms with Gasteiger partial charge in [-0.3, -0.25) is 0 Å². The van der Waals surface area contributed by atoms with Crippen LogP contribution in [0.4, 0.5) is 0 Å². The zero-order valence-corrected chi connectivity index (χ0v) is 21.7. The summed E-state index contributed by atoms with van der Waals surface area (Å²) in [4.78, 5) is 2.63. The Labute approximate surface area is 188 Å². The molecule has 0 bridgehead atoms. The molecule has 8 heteroatoms. The molecule has 29 heavy (non-hydrogen) atoms. The van der Waals surface area contributed by atoms with Gasteiger partial charge in [-0.25, -0.2) is 0 Å². The Morgan fingerprint density at radius 1 is 1.24 bits per heavy atom. The Morgan fingerprint density at radius 3 is 2.41 bits per heavy atom. The van der Waals surface area contributed by atoms with E-state index in [1.807, 2.05) is 0 Å². The number of hydrogen-bond acceptors (Lipinski definition) is 6. The summed E-state index contributed by atoms with van der Waals surface area (Å²) in [6.45, 7) is 18.8. The van der Waals surface area contributed by atoms with Crippen LogP contribution in [-0.4, -0.2) is 75.8 Å². The van der Waals surface area contributed by atoms with Crippen molar-refractivity contribution in [2.75, 3.05) is 31.3 Å². The SMILES string of the molecule is CCCN1CCN([C@H]2CC(B3OC(C)(C)C(C)(C)O3)=C([C@H](C)OC)N[C@H]2C)[I-]C1. The summed E-state index contributed by atoms with van der Waals surface area (Å²) in [5.41, 5.74) is 1.73. The van der Waals surface area contributed by atoms with Crippen LogP contribution in [0.2, 0.25) is 0 Å². The first-order valence-electron chi connectivity index (χ1n) is 11.1. The van der Waals surface area contributed by atoms with Gasteiger partial charge in [0.15, 0.2) is 0 Å². The molecule has 0 saturated carbocycles. The summed E-state index contributed by atoms with van der Waals surface area (Å²) >= 11 is 0.0221. The molecule has 0 unspecified atom stereocenters. The summed E-state index contributed by atoms with van der Waals surface area (Å²) in [5.74, 6) is 0. The topological polar surface area (TPSA) is 46.2 Å². The standard InChI is InChI=1S/C21H40BIN3O3/c1-9-10-25-11-12-26(23-14-25)18-13-17(19(16(3)27-8)24-15(18)2)22-28-20(4,5)21(6,7)29-22/h15-16,18,24H,9-14H2,1-8H3/q-1/t15-,16-,18-/m0/s1. The van der Waals surface area contributed by atoms with Crippen LogP contribution in [0.1, 0.15) is 61.3 Å². The number of alkyl halides is 1. The van der Waals surface area contributed by atoms with E-state index in [1.54, 1.807) is 7.11 Å². The van der Waals surface area contributed by atoms with Crippen molar-refractivity contribution in [2.24, 2.45) is 0 Å². The molecule has 0 aromatic carbocycles. The van der Waals surface area contributed by atoms with Gasteiger partial charge in [0.2, 0.25) is 0 Å². The molecule has 3 atom stereocenters. The summed E-state index contributed by atoms with van der Waals surface area (Å²) in [6.07, 6.45) is 2.24. The van der Waals surface area contributed by atoms with Gasteiger partial charge in [-0.2, -0.15) is 0 Å². The van der Waals surface area contributed by atoms with Gasteiger partial charge in [-0.05, 0) is 0 Å². The monoisotopic (exact) mass is 520 g/mol. The average Bonchev–Trinajstić information content (AvgIpc) is 2.89. The molecule has 0 spiro atoms. The number of methoxy groups -OCH3 is 1. The normalized spacial score (nSPS) is 32.1. The second-order valence-corrected chi connectivity index (χ2v) is 12.2. The van der Waals surface area contributed by atoms with Gasteiger partial charge >= 0.3 is 189 Å². The first kappa shape index (κ1) is 23.8. The van der Waals surface area contributed by atoms with Gasteiger partial charge in [0.05, 0.1) is 0 Å². The Morgan fingerprint density at radius 2 is 1.90 bits per heavy atom. The third kappa shape index (κ3) is 4.98. The minimum absolute atomic E-state index is 0.00326. The van der Waals surface area contributed by atoms with Crippen molar-refractivity contribution in [3.05, 3.63) is 11.2 Å². The zero-order chi connectivity index (χ0) is 21.4. The first-order chi connectivity index (χ1) is 13.6. The molecule has 2 saturated heterocycles. The van der Waals surface area contributed by atoms with E-state index in [9.17, 15) is 0 Å². The molecular weight excluding hydrogens is 480 g/mol. The second-order valence-electron chi connectivity index (χ2n) is 9.59. The Balaban J connectivity index is 1.80. The first-order valence-corrected chi connectivity index (χ1v) is 13.5. The molecule has 3 aliphatic heterocycles. The van der Waals surface area contributed by atoms with E-state index < -0.39 is 0 Å². The van der Waals surface area contributed by atoms with Crippen LogP contribution < -0.4 is 26.8 Å². The van der Waals surface area contributed by atoms with Crippen LogP contribution in [-0.2, 0) is 14.0 Å². The molecule has 1 N–H and O–H groups in total. The molecule has 0 aromatic rings. The molecule has 3 rings (SSSR count). The number of nitrogens with one attached hydrogen (secondary N) is 1. The second kappa shape index (κ2) is 9.32. The van der Waals surface area contributed by atoms with Crippen molar-refractivity contribution < 1.29 is 35.5 Å². The van der Waals surface area contributed by atoms with Gasteiger partial charge in [0, 0.05) is 0 Å². The number of halogens is 1. The predicted octanol–water partition coefficient (Wildman–Crippen LogP) is -0.354. The van der Waals surface area contributed by atoms with E-state index in [4.69, 9.17) is 14.0 Å². The van der Waals surface area contributed by atoms with E-state index in [0.29, 0.717) is 12.1 Å². The summed E-state index contributed by atoms with van der Waals surface area (Å²) in [7, 11) is 1.46. The number of ether oxygens (including phenoxy) is 1. The molecule has 168 valence electrons. The van der Waals surface area contributed by atoms with Gasteiger partial charge in [0.25, 0.3) is 0 Å². The fourth-order valence-corrected chi connectivity index (χ4v) is 7.48. The van der Waals surface area contributed by atoms with Crippen molar-refractivity contribution in [1.29, 1.82) is 0 Å².